The summed E-state index contributed by atoms with van der Waals surface area (Å²) >= 11 is 0. The van der Waals surface area contributed by atoms with Crippen LogP contribution in [0.5, 0.6) is 0 Å². The molecule has 0 spiro atoms. The number of carbonyl (C=O) groups excluding carboxylic acids is 1. The lowest BCUT2D eigenvalue weighted by atomic mass is 9.69. The molecule has 29 heavy (non-hydrogen) atoms. The van der Waals surface area contributed by atoms with Gasteiger partial charge in [0.1, 0.15) is 0 Å². The summed E-state index contributed by atoms with van der Waals surface area (Å²) in [4.78, 5) is 11.9. The van der Waals surface area contributed by atoms with Crippen molar-refractivity contribution in [2.45, 2.75) is 49.3 Å². The Kier molecular flexibility index (Phi) is 5.21. The lowest BCUT2D eigenvalue weighted by Crippen LogP contribution is -2.23. The van der Waals surface area contributed by atoms with Crippen LogP contribution in [0.3, 0.4) is 0 Å². The van der Waals surface area contributed by atoms with Crippen molar-refractivity contribution >= 4 is 21.7 Å². The van der Waals surface area contributed by atoms with Gasteiger partial charge in [-0.2, -0.15) is 0 Å². The van der Waals surface area contributed by atoms with Crippen LogP contribution in [-0.2, 0) is 26.0 Å². The maximum atomic E-state index is 13.0. The Bertz CT molecular complexity index is 1070. The van der Waals surface area contributed by atoms with Gasteiger partial charge in [0.05, 0.1) is 17.7 Å². The van der Waals surface area contributed by atoms with Gasteiger partial charge in [-0.3, -0.25) is 9.52 Å². The van der Waals surface area contributed by atoms with Gasteiger partial charge in [0.15, 0.2) is 0 Å². The highest BCUT2D eigenvalue weighted by Crippen LogP contribution is 2.49. The highest BCUT2D eigenvalue weighted by Gasteiger charge is 2.33. The zero-order valence-electron chi connectivity index (χ0n) is 16.6. The molecule has 0 heterocycles. The number of fused-ring (bicyclic) bond motifs is 1. The van der Waals surface area contributed by atoms with Gasteiger partial charge in [0, 0.05) is 18.3 Å². The molecule has 2 atom stereocenters. The fourth-order valence-electron chi connectivity index (χ4n) is 4.39. The Morgan fingerprint density at radius 1 is 1.03 bits per heavy atom. The molecule has 5 nitrogen and oxygen atoms in total. The third-order valence-electron chi connectivity index (χ3n) is 5.89. The van der Waals surface area contributed by atoms with Crippen molar-refractivity contribution in [2.24, 2.45) is 0 Å². The summed E-state index contributed by atoms with van der Waals surface area (Å²) in [5, 5.41) is 0. The largest absolute Gasteiger partial charge is 0.469 e. The average molecular weight is 412 g/mol. The van der Waals surface area contributed by atoms with Crippen molar-refractivity contribution in [3.63, 3.8) is 0 Å². The van der Waals surface area contributed by atoms with Gasteiger partial charge in [0.25, 0.3) is 10.0 Å². The van der Waals surface area contributed by atoms with Crippen LogP contribution in [0.1, 0.15) is 53.4 Å². The first-order valence-corrected chi connectivity index (χ1v) is 11.4. The minimum Gasteiger partial charge on any atom is -0.469 e. The molecule has 0 radical (unpaired) electrons. The number of nitrogens with one attached hydrogen (secondary N) is 1. The number of allylic oxidation sites excluding steroid dienone is 2. The number of carbonyl (C=O) groups is 1. The minimum atomic E-state index is -3.67. The van der Waals surface area contributed by atoms with Crippen molar-refractivity contribution in [3.8, 4) is 0 Å². The maximum absolute atomic E-state index is 13.0. The molecule has 0 saturated heterocycles. The van der Waals surface area contributed by atoms with Crippen molar-refractivity contribution < 1.29 is 17.9 Å². The Morgan fingerprint density at radius 3 is 2.31 bits per heavy atom. The third kappa shape index (κ3) is 3.81. The standard InChI is InChI=1S/C23H25NO4S/c1-15-3-11-19(12-4-15)29(26,27)24-20-13-9-17(10-14-21(25)28-2)22-16-5-7-18(8-6-16)23(20)22/h3-5,7,9,11-13,16,18,24H,6,8,10,14H2,1-2H3/t16-,18+/m0/s1. The van der Waals surface area contributed by atoms with Crippen molar-refractivity contribution in [1.82, 2.24) is 0 Å². The Morgan fingerprint density at radius 2 is 1.69 bits per heavy atom. The van der Waals surface area contributed by atoms with Gasteiger partial charge in [-0.05, 0) is 61.1 Å². The molecule has 2 aromatic carbocycles. The van der Waals surface area contributed by atoms with Crippen molar-refractivity contribution in [1.29, 1.82) is 0 Å². The summed E-state index contributed by atoms with van der Waals surface area (Å²) in [6, 6.07) is 10.6. The number of rotatable bonds is 6. The molecular weight excluding hydrogens is 386 g/mol. The number of anilines is 1. The molecule has 0 aromatic heterocycles. The number of benzene rings is 2. The molecule has 3 aliphatic carbocycles. The smallest absolute Gasteiger partial charge is 0.305 e. The zero-order chi connectivity index (χ0) is 20.6. The lowest BCUT2D eigenvalue weighted by Gasteiger charge is -2.37. The van der Waals surface area contributed by atoms with Crippen LogP contribution in [0.2, 0.25) is 0 Å². The molecule has 0 aliphatic heterocycles. The van der Waals surface area contributed by atoms with E-state index in [2.05, 4.69) is 16.9 Å². The Balaban J connectivity index is 1.71. The van der Waals surface area contributed by atoms with E-state index in [0.717, 1.165) is 29.5 Å². The second-order valence-corrected chi connectivity index (χ2v) is 9.45. The van der Waals surface area contributed by atoms with E-state index < -0.39 is 10.0 Å². The number of ether oxygens (including phenoxy) is 1. The van der Waals surface area contributed by atoms with Crippen LogP contribution in [0.15, 0.2) is 53.4 Å². The molecule has 0 saturated carbocycles. The lowest BCUT2D eigenvalue weighted by molar-refractivity contribution is -0.140. The molecule has 6 heteroatoms. The number of hydrogen-bond donors (Lipinski definition) is 1. The molecule has 0 fully saturated rings. The van der Waals surface area contributed by atoms with Gasteiger partial charge >= 0.3 is 5.97 Å². The fourth-order valence-corrected chi connectivity index (χ4v) is 5.47. The summed E-state index contributed by atoms with van der Waals surface area (Å²) in [5.74, 6) is 0.231. The number of aryl methyl sites for hydroxylation is 2. The molecule has 3 aliphatic rings. The van der Waals surface area contributed by atoms with E-state index in [1.165, 1.54) is 12.7 Å². The summed E-state index contributed by atoms with van der Waals surface area (Å²) < 4.78 is 33.5. The van der Waals surface area contributed by atoms with Crippen LogP contribution < -0.4 is 4.72 Å². The molecule has 5 rings (SSSR count). The predicted octanol–water partition coefficient (Wildman–Crippen LogP) is 4.43. The van der Waals surface area contributed by atoms with Gasteiger partial charge in [-0.1, -0.05) is 35.9 Å². The van der Waals surface area contributed by atoms with Gasteiger partial charge in [-0.15, -0.1) is 0 Å². The third-order valence-corrected chi connectivity index (χ3v) is 7.27. The van der Waals surface area contributed by atoms with E-state index >= 15 is 0 Å². The quantitative estimate of drug-likeness (QED) is 0.564. The van der Waals surface area contributed by atoms with Crippen LogP contribution in [-0.4, -0.2) is 21.5 Å². The van der Waals surface area contributed by atoms with E-state index in [1.807, 2.05) is 19.1 Å². The first-order chi connectivity index (χ1) is 13.9. The molecule has 0 unspecified atom stereocenters. The normalized spacial score (nSPS) is 19.7. The number of esters is 1. The molecule has 2 aromatic rings. The Labute approximate surface area is 171 Å². The van der Waals surface area contributed by atoms with E-state index in [4.69, 9.17) is 4.74 Å². The molecule has 0 amide bonds. The topological polar surface area (TPSA) is 72.5 Å². The molecule has 152 valence electrons. The number of methoxy groups -OCH3 is 1. The van der Waals surface area contributed by atoms with Crippen LogP contribution >= 0.6 is 0 Å². The highest BCUT2D eigenvalue weighted by molar-refractivity contribution is 7.92. The second kappa shape index (κ2) is 7.67. The summed E-state index contributed by atoms with van der Waals surface area (Å²) in [7, 11) is -2.28. The second-order valence-electron chi connectivity index (χ2n) is 7.77. The summed E-state index contributed by atoms with van der Waals surface area (Å²) in [6.45, 7) is 1.93. The molecular formula is C23H25NO4S. The Hall–Kier alpha value is -2.60. The van der Waals surface area contributed by atoms with Crippen LogP contribution in [0.25, 0.3) is 0 Å². The van der Waals surface area contributed by atoms with E-state index in [-0.39, 0.29) is 22.7 Å². The average Bonchev–Trinajstić information content (AvgIpc) is 2.73. The van der Waals surface area contributed by atoms with Crippen molar-refractivity contribution in [2.75, 3.05) is 11.8 Å². The van der Waals surface area contributed by atoms with Crippen molar-refractivity contribution in [3.05, 3.63) is 70.8 Å². The summed E-state index contributed by atoms with van der Waals surface area (Å²) in [6.07, 6.45) is 7.37. The minimum absolute atomic E-state index is 0.198. The van der Waals surface area contributed by atoms with E-state index in [1.54, 1.807) is 24.3 Å². The van der Waals surface area contributed by atoms with E-state index in [0.29, 0.717) is 18.5 Å². The van der Waals surface area contributed by atoms with Crippen LogP contribution in [0, 0.1) is 6.92 Å². The van der Waals surface area contributed by atoms with E-state index in [9.17, 15) is 13.2 Å². The fraction of sp³-hybridized carbons (Fsp3) is 0.348. The van der Waals surface area contributed by atoms with Crippen LogP contribution in [0.4, 0.5) is 5.69 Å². The predicted molar refractivity (Wildman–Crippen MR) is 113 cm³/mol. The zero-order valence-corrected chi connectivity index (χ0v) is 17.5. The first-order valence-electron chi connectivity index (χ1n) is 9.89. The molecule has 2 bridgehead atoms. The number of hydrogen-bond acceptors (Lipinski definition) is 4. The van der Waals surface area contributed by atoms with Gasteiger partial charge in [0.2, 0.25) is 0 Å². The van der Waals surface area contributed by atoms with Gasteiger partial charge in [-0.25, -0.2) is 8.42 Å². The monoisotopic (exact) mass is 411 g/mol. The van der Waals surface area contributed by atoms with Gasteiger partial charge < -0.3 is 4.74 Å². The summed E-state index contributed by atoms with van der Waals surface area (Å²) in [5.41, 5.74) is 4.99. The first kappa shape index (κ1) is 19.7. The SMILES string of the molecule is COC(=O)CCc1ccc(NS(=O)(=O)c2ccc(C)cc2)c2c1[C@H]1C=C[C@@H]2CC1. The maximum Gasteiger partial charge on any atom is 0.305 e. The number of sulfonamides is 1. The highest BCUT2D eigenvalue weighted by atomic mass is 32.2. The molecule has 1 N–H and O–H groups in total.